The van der Waals surface area contributed by atoms with Crippen LogP contribution < -0.4 is 4.90 Å². The molecule has 0 radical (unpaired) electrons. The topological polar surface area (TPSA) is 29.0 Å². The van der Waals surface area contributed by atoms with Crippen LogP contribution in [0, 0.1) is 5.92 Å². The average Bonchev–Trinajstić information content (AvgIpc) is 2.38. The summed E-state index contributed by atoms with van der Waals surface area (Å²) in [5.41, 5.74) is 1.02. The number of rotatable bonds is 1. The summed E-state index contributed by atoms with van der Waals surface area (Å²) in [7, 11) is 0. The molecule has 0 N–H and O–H groups in total. The Morgan fingerprint density at radius 2 is 2.16 bits per heavy atom. The van der Waals surface area contributed by atoms with Crippen molar-refractivity contribution in [2.45, 2.75) is 19.8 Å². The number of nitrogens with zero attached hydrogens (tertiary/aromatic N) is 3. The third kappa shape index (κ3) is 3.00. The van der Waals surface area contributed by atoms with Crippen molar-refractivity contribution in [1.82, 2.24) is 9.97 Å². The molecule has 3 nitrogen and oxygen atoms in total. The monoisotopic (exact) mass is 341 g/mol. The van der Waals surface area contributed by atoms with Crippen LogP contribution in [0.3, 0.4) is 0 Å². The van der Waals surface area contributed by atoms with Crippen LogP contribution >= 0.6 is 28.3 Å². The maximum absolute atomic E-state index is 4.50. The zero-order valence-electron chi connectivity index (χ0n) is 10.8. The number of halogens is 2. The largest absolute Gasteiger partial charge is 0.356 e. The van der Waals surface area contributed by atoms with E-state index >= 15 is 0 Å². The predicted octanol–water partition coefficient (Wildman–Crippen LogP) is 4.05. The van der Waals surface area contributed by atoms with E-state index in [0.29, 0.717) is 0 Å². The Kier molecular flexibility index (Phi) is 4.63. The normalized spacial score (nSPS) is 19.3. The van der Waals surface area contributed by atoms with Crippen molar-refractivity contribution in [3.05, 3.63) is 29.0 Å². The second kappa shape index (κ2) is 6.06. The molecular weight excluding hydrogens is 326 g/mol. The molecule has 3 rings (SSSR count). The maximum atomic E-state index is 4.50. The Bertz CT molecular complexity index is 576. The molecule has 1 saturated heterocycles. The Morgan fingerprint density at radius 1 is 1.32 bits per heavy atom. The number of hydrogen-bond acceptors (Lipinski definition) is 3. The first-order valence-corrected chi connectivity index (χ1v) is 7.18. The zero-order chi connectivity index (χ0) is 12.5. The van der Waals surface area contributed by atoms with Gasteiger partial charge in [-0.15, -0.1) is 12.4 Å². The number of piperidine rings is 1. The fraction of sp³-hybridized carbons (Fsp3) is 0.429. The van der Waals surface area contributed by atoms with Gasteiger partial charge in [0.25, 0.3) is 0 Å². The third-order valence-corrected chi connectivity index (χ3v) is 4.03. The summed E-state index contributed by atoms with van der Waals surface area (Å²) in [4.78, 5) is 11.2. The molecule has 2 heterocycles. The van der Waals surface area contributed by atoms with Gasteiger partial charge in [0, 0.05) is 22.9 Å². The maximum Gasteiger partial charge on any atom is 0.139 e. The molecule has 2 aromatic rings. The van der Waals surface area contributed by atoms with Gasteiger partial charge in [-0.2, -0.15) is 0 Å². The van der Waals surface area contributed by atoms with Crippen molar-refractivity contribution in [3.63, 3.8) is 0 Å². The molecule has 19 heavy (non-hydrogen) atoms. The number of fused-ring (bicyclic) bond motifs is 1. The zero-order valence-corrected chi connectivity index (χ0v) is 13.2. The molecule has 1 aromatic heterocycles. The second-order valence-corrected chi connectivity index (χ2v) is 5.97. The van der Waals surface area contributed by atoms with Gasteiger partial charge in [0.15, 0.2) is 0 Å². The average molecular weight is 343 g/mol. The van der Waals surface area contributed by atoms with Gasteiger partial charge in [-0.05, 0) is 37.0 Å². The van der Waals surface area contributed by atoms with Gasteiger partial charge in [0.1, 0.15) is 12.1 Å². The lowest BCUT2D eigenvalue weighted by Crippen LogP contribution is -2.34. The summed E-state index contributed by atoms with van der Waals surface area (Å²) in [6.07, 6.45) is 4.24. The van der Waals surface area contributed by atoms with E-state index in [1.807, 2.05) is 12.1 Å². The SMILES string of the molecule is CC1CCCN(c2ncnc3ccc(Br)cc23)C1.Cl. The molecule has 0 saturated carbocycles. The molecular formula is C14H17BrClN3. The van der Waals surface area contributed by atoms with Crippen LogP contribution in [0.25, 0.3) is 10.9 Å². The van der Waals surface area contributed by atoms with Crippen LogP contribution in [0.4, 0.5) is 5.82 Å². The van der Waals surface area contributed by atoms with Crippen LogP contribution in [0.15, 0.2) is 29.0 Å². The highest BCUT2D eigenvalue weighted by molar-refractivity contribution is 9.10. The van der Waals surface area contributed by atoms with Gasteiger partial charge in [-0.1, -0.05) is 22.9 Å². The number of aromatic nitrogens is 2. The van der Waals surface area contributed by atoms with E-state index in [1.165, 1.54) is 12.8 Å². The van der Waals surface area contributed by atoms with Gasteiger partial charge in [0.05, 0.1) is 5.52 Å². The highest BCUT2D eigenvalue weighted by atomic mass is 79.9. The molecule has 0 amide bonds. The summed E-state index contributed by atoms with van der Waals surface area (Å²) < 4.78 is 1.08. The molecule has 0 spiro atoms. The fourth-order valence-corrected chi connectivity index (χ4v) is 3.01. The Labute approximate surface area is 128 Å². The molecule has 1 fully saturated rings. The van der Waals surface area contributed by atoms with Crippen molar-refractivity contribution in [3.8, 4) is 0 Å². The van der Waals surface area contributed by atoms with Crippen molar-refractivity contribution in [2.24, 2.45) is 5.92 Å². The van der Waals surface area contributed by atoms with E-state index in [2.05, 4.69) is 43.8 Å². The van der Waals surface area contributed by atoms with E-state index in [0.717, 1.165) is 40.2 Å². The van der Waals surface area contributed by atoms with Gasteiger partial charge in [-0.25, -0.2) is 9.97 Å². The Hall–Kier alpha value is -0.870. The molecule has 1 aliphatic heterocycles. The molecule has 0 aliphatic carbocycles. The van der Waals surface area contributed by atoms with Crippen molar-refractivity contribution < 1.29 is 0 Å². The molecule has 0 bridgehead atoms. The second-order valence-electron chi connectivity index (χ2n) is 5.05. The lowest BCUT2D eigenvalue weighted by atomic mass is 10.00. The summed E-state index contributed by atoms with van der Waals surface area (Å²) in [6, 6.07) is 6.18. The van der Waals surface area contributed by atoms with Crippen LogP contribution in [0.5, 0.6) is 0 Å². The molecule has 1 aliphatic rings. The van der Waals surface area contributed by atoms with E-state index in [4.69, 9.17) is 0 Å². The molecule has 1 atom stereocenters. The van der Waals surface area contributed by atoms with Gasteiger partial charge >= 0.3 is 0 Å². The number of benzene rings is 1. The lowest BCUT2D eigenvalue weighted by Gasteiger charge is -2.32. The highest BCUT2D eigenvalue weighted by Crippen LogP contribution is 2.29. The van der Waals surface area contributed by atoms with Gasteiger partial charge < -0.3 is 4.90 Å². The Balaban J connectivity index is 0.00000133. The molecule has 102 valence electrons. The van der Waals surface area contributed by atoms with Crippen LogP contribution in [-0.2, 0) is 0 Å². The first-order chi connectivity index (χ1) is 8.74. The third-order valence-electron chi connectivity index (χ3n) is 3.53. The van der Waals surface area contributed by atoms with Crippen LogP contribution in [0.1, 0.15) is 19.8 Å². The minimum atomic E-state index is 0. The van der Waals surface area contributed by atoms with Crippen molar-refractivity contribution in [1.29, 1.82) is 0 Å². The van der Waals surface area contributed by atoms with Gasteiger partial charge in [0.2, 0.25) is 0 Å². The standard InChI is InChI=1S/C14H16BrN3.ClH/c1-10-3-2-6-18(8-10)14-12-7-11(15)4-5-13(12)16-9-17-14;/h4-5,7,9-10H,2-3,6,8H2,1H3;1H. The van der Waals surface area contributed by atoms with Crippen LogP contribution in [0.2, 0.25) is 0 Å². The summed E-state index contributed by atoms with van der Waals surface area (Å²) >= 11 is 3.53. The van der Waals surface area contributed by atoms with E-state index in [9.17, 15) is 0 Å². The molecule has 1 unspecified atom stereocenters. The summed E-state index contributed by atoms with van der Waals surface area (Å²) in [5.74, 6) is 1.82. The van der Waals surface area contributed by atoms with E-state index in [-0.39, 0.29) is 12.4 Å². The van der Waals surface area contributed by atoms with Crippen molar-refractivity contribution >= 4 is 45.1 Å². The van der Waals surface area contributed by atoms with Crippen LogP contribution in [-0.4, -0.2) is 23.1 Å². The number of anilines is 1. The van der Waals surface area contributed by atoms with Crippen molar-refractivity contribution in [2.75, 3.05) is 18.0 Å². The first-order valence-electron chi connectivity index (χ1n) is 6.39. The highest BCUT2D eigenvalue weighted by Gasteiger charge is 2.19. The smallest absolute Gasteiger partial charge is 0.139 e. The Morgan fingerprint density at radius 3 is 2.95 bits per heavy atom. The van der Waals surface area contributed by atoms with Gasteiger partial charge in [-0.3, -0.25) is 0 Å². The predicted molar refractivity (Wildman–Crippen MR) is 85.1 cm³/mol. The minimum Gasteiger partial charge on any atom is -0.356 e. The number of hydrogen-bond donors (Lipinski definition) is 0. The first kappa shape index (κ1) is 14.5. The molecule has 5 heteroatoms. The van der Waals surface area contributed by atoms with E-state index in [1.54, 1.807) is 6.33 Å². The minimum absolute atomic E-state index is 0. The molecule has 1 aromatic carbocycles. The van der Waals surface area contributed by atoms with E-state index < -0.39 is 0 Å². The fourth-order valence-electron chi connectivity index (χ4n) is 2.65. The lowest BCUT2D eigenvalue weighted by molar-refractivity contribution is 0.445. The quantitative estimate of drug-likeness (QED) is 0.783. The summed E-state index contributed by atoms with van der Waals surface area (Å²) in [6.45, 7) is 4.51. The summed E-state index contributed by atoms with van der Waals surface area (Å²) in [5, 5.41) is 1.14.